The first-order valence-corrected chi connectivity index (χ1v) is 7.26. The highest BCUT2D eigenvalue weighted by atomic mass is 16.5. The predicted octanol–water partition coefficient (Wildman–Crippen LogP) is 2.82. The van der Waals surface area contributed by atoms with E-state index in [-0.39, 0.29) is 12.0 Å². The Labute approximate surface area is 115 Å². The molecule has 1 aliphatic rings. The van der Waals surface area contributed by atoms with Crippen LogP contribution in [0.2, 0.25) is 0 Å². The Morgan fingerprint density at radius 1 is 1.32 bits per heavy atom. The summed E-state index contributed by atoms with van der Waals surface area (Å²) in [4.78, 5) is 11.8. The van der Waals surface area contributed by atoms with Crippen molar-refractivity contribution in [3.63, 3.8) is 0 Å². The minimum atomic E-state index is -0.233. The molecular weight excluding hydrogens is 238 g/mol. The standard InChI is InChI=1S/C16H23NO2/c1-2-3-5-13-7-9-14(10-8-13)12-17-16(18)15-6-4-11-19-15/h7-10,15H,2-6,11-12H2,1H3,(H,17,18). The molecule has 1 aliphatic heterocycles. The number of hydrogen-bond acceptors (Lipinski definition) is 2. The average molecular weight is 261 g/mol. The SMILES string of the molecule is CCCCc1ccc(CNC(=O)C2CCCO2)cc1. The molecule has 1 amide bonds. The number of aryl methyl sites for hydroxylation is 1. The summed E-state index contributed by atoms with van der Waals surface area (Å²) in [7, 11) is 0. The van der Waals surface area contributed by atoms with Gasteiger partial charge in [-0.2, -0.15) is 0 Å². The fraction of sp³-hybridized carbons (Fsp3) is 0.562. The van der Waals surface area contributed by atoms with E-state index in [0.717, 1.165) is 24.8 Å². The molecule has 1 saturated heterocycles. The van der Waals surface area contributed by atoms with Crippen LogP contribution in [0.4, 0.5) is 0 Å². The van der Waals surface area contributed by atoms with E-state index in [9.17, 15) is 4.79 Å². The number of nitrogens with one attached hydrogen (secondary N) is 1. The zero-order valence-corrected chi connectivity index (χ0v) is 11.7. The molecule has 1 fully saturated rings. The third-order valence-electron chi connectivity index (χ3n) is 3.53. The lowest BCUT2D eigenvalue weighted by Gasteiger charge is -2.10. The largest absolute Gasteiger partial charge is 0.368 e. The second kappa shape index (κ2) is 7.29. The van der Waals surface area contributed by atoms with Crippen molar-refractivity contribution in [1.29, 1.82) is 0 Å². The molecule has 3 nitrogen and oxygen atoms in total. The summed E-state index contributed by atoms with van der Waals surface area (Å²) in [5.41, 5.74) is 2.52. The molecule has 1 aromatic carbocycles. The Kier molecular flexibility index (Phi) is 5.40. The lowest BCUT2D eigenvalue weighted by Crippen LogP contribution is -2.33. The third kappa shape index (κ3) is 4.35. The monoisotopic (exact) mass is 261 g/mol. The minimum Gasteiger partial charge on any atom is -0.368 e. The van der Waals surface area contributed by atoms with Crippen molar-refractivity contribution in [2.75, 3.05) is 6.61 Å². The molecule has 0 spiro atoms. The first kappa shape index (κ1) is 14.1. The van der Waals surface area contributed by atoms with Gasteiger partial charge in [0.25, 0.3) is 0 Å². The van der Waals surface area contributed by atoms with Gasteiger partial charge in [0.15, 0.2) is 0 Å². The van der Waals surface area contributed by atoms with E-state index in [4.69, 9.17) is 4.74 Å². The van der Waals surface area contributed by atoms with Crippen LogP contribution >= 0.6 is 0 Å². The zero-order valence-electron chi connectivity index (χ0n) is 11.7. The molecule has 0 aliphatic carbocycles. The number of amides is 1. The van der Waals surface area contributed by atoms with E-state index >= 15 is 0 Å². The number of unbranched alkanes of at least 4 members (excludes halogenated alkanes) is 1. The van der Waals surface area contributed by atoms with Crippen LogP contribution in [0.15, 0.2) is 24.3 Å². The molecule has 1 aromatic rings. The molecule has 1 N–H and O–H groups in total. The Hall–Kier alpha value is -1.35. The maximum absolute atomic E-state index is 11.8. The van der Waals surface area contributed by atoms with Gasteiger partial charge in [0.1, 0.15) is 6.10 Å². The Morgan fingerprint density at radius 2 is 2.05 bits per heavy atom. The van der Waals surface area contributed by atoms with Gasteiger partial charge in [-0.05, 0) is 36.8 Å². The molecule has 0 radical (unpaired) electrons. The van der Waals surface area contributed by atoms with Crippen LogP contribution < -0.4 is 5.32 Å². The van der Waals surface area contributed by atoms with Gasteiger partial charge in [0.2, 0.25) is 5.91 Å². The van der Waals surface area contributed by atoms with Crippen LogP contribution in [0, 0.1) is 0 Å². The van der Waals surface area contributed by atoms with E-state index in [1.807, 2.05) is 0 Å². The molecule has 1 atom stereocenters. The van der Waals surface area contributed by atoms with Crippen LogP contribution in [0.3, 0.4) is 0 Å². The number of benzene rings is 1. The van der Waals surface area contributed by atoms with E-state index in [1.165, 1.54) is 18.4 Å². The number of carbonyl (C=O) groups excluding carboxylic acids is 1. The quantitative estimate of drug-likeness (QED) is 0.855. The summed E-state index contributed by atoms with van der Waals surface area (Å²) in [6, 6.07) is 8.51. The topological polar surface area (TPSA) is 38.3 Å². The lowest BCUT2D eigenvalue weighted by molar-refractivity contribution is -0.130. The third-order valence-corrected chi connectivity index (χ3v) is 3.53. The van der Waals surface area contributed by atoms with Gasteiger partial charge in [0, 0.05) is 13.2 Å². The van der Waals surface area contributed by atoms with Crippen molar-refractivity contribution in [1.82, 2.24) is 5.32 Å². The highest BCUT2D eigenvalue weighted by Crippen LogP contribution is 2.12. The summed E-state index contributed by atoms with van der Waals surface area (Å²) < 4.78 is 5.35. The molecule has 1 heterocycles. The molecule has 0 aromatic heterocycles. The summed E-state index contributed by atoms with van der Waals surface area (Å²) in [6.07, 6.45) is 5.20. The van der Waals surface area contributed by atoms with Crippen molar-refractivity contribution in [3.8, 4) is 0 Å². The minimum absolute atomic E-state index is 0.0209. The first-order valence-electron chi connectivity index (χ1n) is 7.26. The van der Waals surface area contributed by atoms with Crippen molar-refractivity contribution in [3.05, 3.63) is 35.4 Å². The Bertz CT molecular complexity index is 394. The number of hydrogen-bond donors (Lipinski definition) is 1. The Morgan fingerprint density at radius 3 is 2.68 bits per heavy atom. The molecule has 3 heteroatoms. The van der Waals surface area contributed by atoms with Gasteiger partial charge in [-0.1, -0.05) is 37.6 Å². The van der Waals surface area contributed by atoms with Gasteiger partial charge < -0.3 is 10.1 Å². The van der Waals surface area contributed by atoms with E-state index in [1.54, 1.807) is 0 Å². The van der Waals surface area contributed by atoms with E-state index in [2.05, 4.69) is 36.5 Å². The number of carbonyl (C=O) groups is 1. The Balaban J connectivity index is 1.77. The van der Waals surface area contributed by atoms with Crippen molar-refractivity contribution >= 4 is 5.91 Å². The van der Waals surface area contributed by atoms with Crippen LogP contribution in [0.5, 0.6) is 0 Å². The van der Waals surface area contributed by atoms with Crippen LogP contribution in [-0.4, -0.2) is 18.6 Å². The maximum atomic E-state index is 11.8. The highest BCUT2D eigenvalue weighted by molar-refractivity contribution is 5.80. The van der Waals surface area contributed by atoms with E-state index in [0.29, 0.717) is 13.2 Å². The van der Waals surface area contributed by atoms with Gasteiger partial charge in [-0.3, -0.25) is 4.79 Å². The molecule has 2 rings (SSSR count). The number of rotatable bonds is 6. The lowest BCUT2D eigenvalue weighted by atomic mass is 10.1. The summed E-state index contributed by atoms with van der Waals surface area (Å²) in [6.45, 7) is 3.51. The van der Waals surface area contributed by atoms with Crippen LogP contribution in [0.25, 0.3) is 0 Å². The van der Waals surface area contributed by atoms with Crippen LogP contribution in [0.1, 0.15) is 43.7 Å². The fourth-order valence-electron chi connectivity index (χ4n) is 2.29. The highest BCUT2D eigenvalue weighted by Gasteiger charge is 2.22. The van der Waals surface area contributed by atoms with Gasteiger partial charge in [0.05, 0.1) is 0 Å². The van der Waals surface area contributed by atoms with Crippen molar-refractivity contribution in [2.45, 2.75) is 51.7 Å². The van der Waals surface area contributed by atoms with E-state index < -0.39 is 0 Å². The summed E-state index contributed by atoms with van der Waals surface area (Å²) in [5.74, 6) is 0.0209. The predicted molar refractivity (Wildman–Crippen MR) is 75.9 cm³/mol. The van der Waals surface area contributed by atoms with Crippen molar-refractivity contribution in [2.24, 2.45) is 0 Å². The molecule has 19 heavy (non-hydrogen) atoms. The normalized spacial score (nSPS) is 18.5. The molecular formula is C16H23NO2. The van der Waals surface area contributed by atoms with Gasteiger partial charge in [-0.25, -0.2) is 0 Å². The molecule has 104 valence electrons. The molecule has 0 saturated carbocycles. The van der Waals surface area contributed by atoms with Crippen molar-refractivity contribution < 1.29 is 9.53 Å². The van der Waals surface area contributed by atoms with Gasteiger partial charge >= 0.3 is 0 Å². The second-order valence-corrected chi connectivity index (χ2v) is 5.14. The molecule has 1 unspecified atom stereocenters. The van der Waals surface area contributed by atoms with Gasteiger partial charge in [-0.15, -0.1) is 0 Å². The number of ether oxygens (including phenoxy) is 1. The maximum Gasteiger partial charge on any atom is 0.249 e. The summed E-state index contributed by atoms with van der Waals surface area (Å²) in [5, 5.41) is 2.94. The zero-order chi connectivity index (χ0) is 13.5. The summed E-state index contributed by atoms with van der Waals surface area (Å²) >= 11 is 0. The second-order valence-electron chi connectivity index (χ2n) is 5.14. The molecule has 0 bridgehead atoms. The van der Waals surface area contributed by atoms with Crippen LogP contribution in [-0.2, 0) is 22.5 Å². The smallest absolute Gasteiger partial charge is 0.249 e. The first-order chi connectivity index (χ1) is 9.29. The fourth-order valence-corrected chi connectivity index (χ4v) is 2.29. The average Bonchev–Trinajstić information content (AvgIpc) is 2.98.